The molecule has 6 nitrogen and oxygen atoms in total. The maximum absolute atomic E-state index is 12.9. The van der Waals surface area contributed by atoms with E-state index in [1.165, 1.54) is 51.7 Å². The highest BCUT2D eigenvalue weighted by Crippen LogP contribution is 2.59. The van der Waals surface area contributed by atoms with Gasteiger partial charge in [-0.2, -0.15) is 0 Å². The lowest BCUT2D eigenvalue weighted by Crippen LogP contribution is -2.51. The number of benzene rings is 1. The summed E-state index contributed by atoms with van der Waals surface area (Å²) in [4.78, 5) is 12.9. The van der Waals surface area contributed by atoms with Crippen LogP contribution >= 0.6 is 0 Å². The van der Waals surface area contributed by atoms with Crippen LogP contribution in [0.25, 0.3) is 0 Å². The molecule has 4 bridgehead atoms. The predicted molar refractivity (Wildman–Crippen MR) is 116 cm³/mol. The fourth-order valence-electron chi connectivity index (χ4n) is 6.36. The Morgan fingerprint density at radius 3 is 2.17 bits per heavy atom. The fraction of sp³-hybridized carbons (Fsp3) is 0.696. The van der Waals surface area contributed by atoms with Crippen LogP contribution in [0, 0.1) is 23.2 Å². The molecule has 0 radical (unpaired) electrons. The van der Waals surface area contributed by atoms with Gasteiger partial charge < -0.3 is 10.1 Å². The van der Waals surface area contributed by atoms with E-state index in [1.807, 2.05) is 0 Å². The summed E-state index contributed by atoms with van der Waals surface area (Å²) in [6.45, 7) is 6.01. The second-order valence-electron chi connectivity index (χ2n) is 10.8. The quantitative estimate of drug-likeness (QED) is 0.715. The van der Waals surface area contributed by atoms with Crippen molar-refractivity contribution in [3.05, 3.63) is 23.8 Å². The van der Waals surface area contributed by atoms with Crippen molar-refractivity contribution in [1.29, 1.82) is 0 Å². The number of sulfonamides is 1. The Morgan fingerprint density at radius 2 is 1.67 bits per heavy atom. The lowest BCUT2D eigenvalue weighted by molar-refractivity contribution is -0.0503. The van der Waals surface area contributed by atoms with Crippen LogP contribution in [0.1, 0.15) is 69.7 Å². The zero-order valence-corrected chi connectivity index (χ0v) is 19.3. The molecule has 30 heavy (non-hydrogen) atoms. The van der Waals surface area contributed by atoms with Gasteiger partial charge in [0.2, 0.25) is 10.0 Å². The molecule has 1 amide bonds. The van der Waals surface area contributed by atoms with Crippen LogP contribution in [-0.2, 0) is 10.0 Å². The normalized spacial score (nSPS) is 30.3. The van der Waals surface area contributed by atoms with Crippen LogP contribution in [0.2, 0.25) is 0 Å². The topological polar surface area (TPSA) is 84.5 Å². The average molecular weight is 435 g/mol. The third-order valence-electron chi connectivity index (χ3n) is 6.94. The zero-order chi connectivity index (χ0) is 21.7. The number of methoxy groups -OCH3 is 1. The summed E-state index contributed by atoms with van der Waals surface area (Å²) in [5, 5.41) is 3.13. The summed E-state index contributed by atoms with van der Waals surface area (Å²) in [5.74, 6) is 2.49. The molecule has 0 heterocycles. The second-order valence-corrected chi connectivity index (χ2v) is 12.5. The van der Waals surface area contributed by atoms with Crippen molar-refractivity contribution in [3.8, 4) is 5.75 Å². The standard InChI is InChI=1S/C23H34N2O4S/c1-22(2,3)25-30(27,28)20-10-18(5-6-19(20)29-4)21(26)24-14-23-11-15-7-16(12-23)9-17(8-15)13-23/h5-6,10,15-17,25H,7-9,11-14H2,1-4H3,(H,24,26). The van der Waals surface area contributed by atoms with Crippen LogP contribution < -0.4 is 14.8 Å². The van der Waals surface area contributed by atoms with E-state index in [4.69, 9.17) is 4.74 Å². The number of carbonyl (C=O) groups is 1. The Kier molecular flexibility index (Phi) is 5.42. The summed E-state index contributed by atoms with van der Waals surface area (Å²) < 4.78 is 33.6. The van der Waals surface area contributed by atoms with Crippen molar-refractivity contribution in [2.24, 2.45) is 23.2 Å². The Labute approximate surface area is 180 Å². The van der Waals surface area contributed by atoms with Crippen LogP contribution in [0.15, 0.2) is 23.1 Å². The molecule has 0 aromatic heterocycles. The molecule has 166 valence electrons. The smallest absolute Gasteiger partial charge is 0.251 e. The van der Waals surface area contributed by atoms with Crippen LogP contribution in [0.3, 0.4) is 0 Å². The highest BCUT2D eigenvalue weighted by molar-refractivity contribution is 7.89. The van der Waals surface area contributed by atoms with Crippen LogP contribution in [0.5, 0.6) is 5.75 Å². The van der Waals surface area contributed by atoms with Crippen molar-refractivity contribution >= 4 is 15.9 Å². The summed E-state index contributed by atoms with van der Waals surface area (Å²) in [5.41, 5.74) is -0.0602. The van der Waals surface area contributed by atoms with E-state index in [-0.39, 0.29) is 22.0 Å². The van der Waals surface area contributed by atoms with Crippen molar-refractivity contribution in [1.82, 2.24) is 10.0 Å². The van der Waals surface area contributed by atoms with Crippen molar-refractivity contribution < 1.29 is 17.9 Å². The summed E-state index contributed by atoms with van der Waals surface area (Å²) in [6.07, 6.45) is 7.76. The molecule has 4 saturated carbocycles. The Hall–Kier alpha value is -1.60. The summed E-state index contributed by atoms with van der Waals surface area (Å²) in [6, 6.07) is 4.60. The van der Waals surface area contributed by atoms with E-state index in [0.717, 1.165) is 17.8 Å². The van der Waals surface area contributed by atoms with Gasteiger partial charge in [-0.05, 0) is 101 Å². The lowest BCUT2D eigenvalue weighted by atomic mass is 9.49. The van der Waals surface area contributed by atoms with Gasteiger partial charge in [-0.1, -0.05) is 0 Å². The van der Waals surface area contributed by atoms with Crippen molar-refractivity contribution in [2.45, 2.75) is 69.7 Å². The van der Waals surface area contributed by atoms with Gasteiger partial charge in [0.1, 0.15) is 10.6 Å². The van der Waals surface area contributed by atoms with E-state index in [2.05, 4.69) is 10.0 Å². The van der Waals surface area contributed by atoms with Gasteiger partial charge in [0.05, 0.1) is 7.11 Å². The number of hydrogen-bond donors (Lipinski definition) is 2. The molecule has 4 fully saturated rings. The minimum absolute atomic E-state index is 0.0117. The van der Waals surface area contributed by atoms with Gasteiger partial charge in [-0.3, -0.25) is 4.79 Å². The summed E-state index contributed by atoms with van der Waals surface area (Å²) in [7, 11) is -2.39. The molecule has 7 heteroatoms. The maximum atomic E-state index is 12.9. The number of ether oxygens (including phenoxy) is 1. The first kappa shape index (κ1) is 21.6. The highest BCUT2D eigenvalue weighted by atomic mass is 32.2. The number of rotatable bonds is 6. The molecular formula is C23H34N2O4S. The minimum atomic E-state index is -3.82. The molecule has 2 N–H and O–H groups in total. The van der Waals surface area contributed by atoms with Crippen molar-refractivity contribution in [2.75, 3.05) is 13.7 Å². The Balaban J connectivity index is 1.51. The molecular weight excluding hydrogens is 400 g/mol. The van der Waals surface area contributed by atoms with Gasteiger partial charge in [0.15, 0.2) is 0 Å². The van der Waals surface area contributed by atoms with Crippen LogP contribution in [0.4, 0.5) is 0 Å². The van der Waals surface area contributed by atoms with Gasteiger partial charge >= 0.3 is 0 Å². The summed E-state index contributed by atoms with van der Waals surface area (Å²) >= 11 is 0. The zero-order valence-electron chi connectivity index (χ0n) is 18.5. The first-order valence-corrected chi connectivity index (χ1v) is 12.5. The molecule has 0 atom stereocenters. The van der Waals surface area contributed by atoms with Gasteiger partial charge in [0.25, 0.3) is 5.91 Å². The third kappa shape index (κ3) is 4.37. The fourth-order valence-corrected chi connectivity index (χ4v) is 7.98. The number of amides is 1. The van der Waals surface area contributed by atoms with Gasteiger partial charge in [0, 0.05) is 17.6 Å². The second kappa shape index (κ2) is 7.52. The molecule has 1 aromatic carbocycles. The first-order chi connectivity index (χ1) is 14.0. The van der Waals surface area contributed by atoms with Crippen molar-refractivity contribution in [3.63, 3.8) is 0 Å². The van der Waals surface area contributed by atoms with Gasteiger partial charge in [-0.25, -0.2) is 13.1 Å². The molecule has 1 aromatic rings. The lowest BCUT2D eigenvalue weighted by Gasteiger charge is -2.56. The van der Waals surface area contributed by atoms with Crippen LogP contribution in [-0.4, -0.2) is 33.5 Å². The number of carbonyl (C=O) groups excluding carboxylic acids is 1. The first-order valence-electron chi connectivity index (χ1n) is 11.0. The number of hydrogen-bond acceptors (Lipinski definition) is 4. The van der Waals surface area contributed by atoms with E-state index < -0.39 is 15.6 Å². The van der Waals surface area contributed by atoms with Gasteiger partial charge in [-0.15, -0.1) is 0 Å². The van der Waals surface area contributed by atoms with E-state index in [0.29, 0.717) is 12.1 Å². The third-order valence-corrected chi connectivity index (χ3v) is 8.72. The molecule has 0 spiro atoms. The minimum Gasteiger partial charge on any atom is -0.495 e. The van der Waals surface area contributed by atoms with E-state index >= 15 is 0 Å². The highest BCUT2D eigenvalue weighted by Gasteiger charge is 2.50. The molecule has 5 rings (SSSR count). The number of nitrogens with one attached hydrogen (secondary N) is 2. The molecule has 0 unspecified atom stereocenters. The van der Waals surface area contributed by atoms with E-state index in [9.17, 15) is 13.2 Å². The predicted octanol–water partition coefficient (Wildman–Crippen LogP) is 3.72. The molecule has 0 aliphatic heterocycles. The largest absolute Gasteiger partial charge is 0.495 e. The maximum Gasteiger partial charge on any atom is 0.251 e. The Morgan fingerprint density at radius 1 is 1.10 bits per heavy atom. The molecule has 4 aliphatic rings. The average Bonchev–Trinajstić information content (AvgIpc) is 2.62. The monoisotopic (exact) mass is 434 g/mol. The van der Waals surface area contributed by atoms with E-state index in [1.54, 1.807) is 32.9 Å². The Bertz CT molecular complexity index is 898. The molecule has 4 aliphatic carbocycles. The SMILES string of the molecule is COc1ccc(C(=O)NCC23CC4CC(CC(C4)C2)C3)cc1S(=O)(=O)NC(C)(C)C. The molecule has 0 saturated heterocycles.